The first-order chi connectivity index (χ1) is 17.3. The minimum absolute atomic E-state index is 0.0411. The van der Waals surface area contributed by atoms with Gasteiger partial charge in [-0.2, -0.15) is 0 Å². The predicted octanol–water partition coefficient (Wildman–Crippen LogP) is 4.82. The van der Waals surface area contributed by atoms with E-state index in [1.54, 1.807) is 25.4 Å². The van der Waals surface area contributed by atoms with Crippen LogP contribution in [0.1, 0.15) is 55.5 Å². The zero-order valence-electron chi connectivity index (χ0n) is 20.9. The number of halogens is 1. The standard InChI is InChI=1S/C29H32FN3O3/c1-19(2)14-27(34)33-13-11-22-9-10-25(16-26(22)28(33)23-7-4-8-24(30)15-23)36-20(3)29(35)32-18-21-6-5-12-31-17-21/h4-10,12,15-17,19-20,28H,11,13-14,18H2,1-3H3,(H,32,35). The fraction of sp³-hybridized carbons (Fsp3) is 0.345. The molecule has 2 atom stereocenters. The lowest BCUT2D eigenvalue weighted by molar-refractivity contribution is -0.134. The molecule has 3 aromatic rings. The Labute approximate surface area is 211 Å². The predicted molar refractivity (Wildman–Crippen MR) is 136 cm³/mol. The van der Waals surface area contributed by atoms with Gasteiger partial charge in [-0.1, -0.05) is 38.1 Å². The van der Waals surface area contributed by atoms with E-state index in [4.69, 9.17) is 4.74 Å². The normalized spacial score (nSPS) is 15.8. The number of rotatable bonds is 8. The monoisotopic (exact) mass is 489 g/mol. The van der Waals surface area contributed by atoms with E-state index in [2.05, 4.69) is 10.3 Å². The van der Waals surface area contributed by atoms with Gasteiger partial charge in [-0.25, -0.2) is 4.39 Å². The summed E-state index contributed by atoms with van der Waals surface area (Å²) in [6.45, 7) is 6.64. The number of benzene rings is 2. The van der Waals surface area contributed by atoms with E-state index >= 15 is 0 Å². The van der Waals surface area contributed by atoms with Gasteiger partial charge in [-0.3, -0.25) is 14.6 Å². The Balaban J connectivity index is 1.57. The topological polar surface area (TPSA) is 71.5 Å². The van der Waals surface area contributed by atoms with E-state index in [0.717, 1.165) is 16.7 Å². The van der Waals surface area contributed by atoms with Crippen LogP contribution >= 0.6 is 0 Å². The maximum Gasteiger partial charge on any atom is 0.261 e. The summed E-state index contributed by atoms with van der Waals surface area (Å²) in [4.78, 5) is 31.7. The molecule has 188 valence electrons. The summed E-state index contributed by atoms with van der Waals surface area (Å²) in [5, 5.41) is 2.86. The molecule has 36 heavy (non-hydrogen) atoms. The maximum absolute atomic E-state index is 14.2. The van der Waals surface area contributed by atoms with E-state index in [1.165, 1.54) is 12.1 Å². The Kier molecular flexibility index (Phi) is 7.98. The Morgan fingerprint density at radius 1 is 1.14 bits per heavy atom. The van der Waals surface area contributed by atoms with Crippen molar-refractivity contribution in [1.29, 1.82) is 0 Å². The third-order valence-electron chi connectivity index (χ3n) is 6.28. The van der Waals surface area contributed by atoms with Crippen molar-refractivity contribution in [2.75, 3.05) is 6.54 Å². The molecule has 2 amide bonds. The van der Waals surface area contributed by atoms with Crippen LogP contribution in [-0.4, -0.2) is 34.3 Å². The number of hydrogen-bond donors (Lipinski definition) is 1. The molecule has 2 unspecified atom stereocenters. The highest BCUT2D eigenvalue weighted by Crippen LogP contribution is 2.38. The molecule has 1 aliphatic rings. The largest absolute Gasteiger partial charge is 0.481 e. The van der Waals surface area contributed by atoms with Gasteiger partial charge in [-0.05, 0) is 71.8 Å². The molecule has 0 radical (unpaired) electrons. The number of ether oxygens (including phenoxy) is 1. The fourth-order valence-electron chi connectivity index (χ4n) is 4.53. The molecule has 4 rings (SSSR count). The van der Waals surface area contributed by atoms with Crippen LogP contribution in [0.5, 0.6) is 5.75 Å². The molecular weight excluding hydrogens is 457 g/mol. The molecule has 2 heterocycles. The van der Waals surface area contributed by atoms with Crippen LogP contribution in [0, 0.1) is 11.7 Å². The first kappa shape index (κ1) is 25.4. The lowest BCUT2D eigenvalue weighted by Gasteiger charge is -2.38. The van der Waals surface area contributed by atoms with Gasteiger partial charge in [0.1, 0.15) is 11.6 Å². The van der Waals surface area contributed by atoms with E-state index in [1.807, 2.05) is 55.1 Å². The molecule has 2 aromatic carbocycles. The van der Waals surface area contributed by atoms with Gasteiger partial charge in [0.15, 0.2) is 6.10 Å². The van der Waals surface area contributed by atoms with Crippen molar-refractivity contribution in [2.45, 2.75) is 52.3 Å². The molecule has 0 aliphatic carbocycles. The number of aromatic nitrogens is 1. The SMILES string of the molecule is CC(C)CC(=O)N1CCc2ccc(OC(C)C(=O)NCc3cccnc3)cc2C1c1cccc(F)c1. The van der Waals surface area contributed by atoms with E-state index in [-0.39, 0.29) is 23.5 Å². The molecule has 1 N–H and O–H groups in total. The lowest BCUT2D eigenvalue weighted by atomic mass is 9.87. The van der Waals surface area contributed by atoms with Crippen molar-refractivity contribution in [3.8, 4) is 5.75 Å². The summed E-state index contributed by atoms with van der Waals surface area (Å²) in [7, 11) is 0. The average molecular weight is 490 g/mol. The highest BCUT2D eigenvalue weighted by molar-refractivity contribution is 5.80. The number of amides is 2. The van der Waals surface area contributed by atoms with Crippen molar-refractivity contribution in [2.24, 2.45) is 5.92 Å². The van der Waals surface area contributed by atoms with Crippen LogP contribution in [0.15, 0.2) is 67.0 Å². The van der Waals surface area contributed by atoms with Crippen LogP contribution in [0.3, 0.4) is 0 Å². The number of nitrogens with one attached hydrogen (secondary N) is 1. The molecule has 0 saturated heterocycles. The number of carbonyl (C=O) groups excluding carboxylic acids is 2. The van der Waals surface area contributed by atoms with Gasteiger partial charge in [0, 0.05) is 31.9 Å². The summed E-state index contributed by atoms with van der Waals surface area (Å²) < 4.78 is 20.2. The summed E-state index contributed by atoms with van der Waals surface area (Å²) >= 11 is 0. The molecule has 7 heteroatoms. The molecule has 1 aliphatic heterocycles. The molecule has 6 nitrogen and oxygen atoms in total. The molecule has 1 aromatic heterocycles. The molecule has 0 spiro atoms. The quantitative estimate of drug-likeness (QED) is 0.492. The van der Waals surface area contributed by atoms with Crippen molar-refractivity contribution in [3.05, 3.63) is 95.1 Å². The van der Waals surface area contributed by atoms with Gasteiger partial charge in [0.25, 0.3) is 5.91 Å². The van der Waals surface area contributed by atoms with E-state index in [0.29, 0.717) is 37.2 Å². The zero-order valence-corrected chi connectivity index (χ0v) is 20.9. The Morgan fingerprint density at radius 3 is 2.69 bits per heavy atom. The fourth-order valence-corrected chi connectivity index (χ4v) is 4.53. The van der Waals surface area contributed by atoms with Crippen LogP contribution in [0.4, 0.5) is 4.39 Å². The molecule has 0 bridgehead atoms. The minimum Gasteiger partial charge on any atom is -0.481 e. The highest BCUT2D eigenvalue weighted by atomic mass is 19.1. The van der Waals surface area contributed by atoms with Crippen LogP contribution in [0.25, 0.3) is 0 Å². The van der Waals surface area contributed by atoms with Gasteiger partial charge >= 0.3 is 0 Å². The van der Waals surface area contributed by atoms with Crippen LogP contribution in [0.2, 0.25) is 0 Å². The van der Waals surface area contributed by atoms with Crippen LogP contribution in [-0.2, 0) is 22.6 Å². The van der Waals surface area contributed by atoms with Crippen molar-refractivity contribution in [1.82, 2.24) is 15.2 Å². The Morgan fingerprint density at radius 2 is 1.97 bits per heavy atom. The van der Waals surface area contributed by atoms with Gasteiger partial charge < -0.3 is 15.0 Å². The lowest BCUT2D eigenvalue weighted by Crippen LogP contribution is -2.41. The first-order valence-electron chi connectivity index (χ1n) is 12.3. The first-order valence-corrected chi connectivity index (χ1v) is 12.3. The second-order valence-electron chi connectivity index (χ2n) is 9.59. The number of fused-ring (bicyclic) bond motifs is 1. The third kappa shape index (κ3) is 6.08. The molecular formula is C29H32FN3O3. The van der Waals surface area contributed by atoms with Crippen molar-refractivity contribution >= 4 is 11.8 Å². The number of hydrogen-bond acceptors (Lipinski definition) is 4. The van der Waals surface area contributed by atoms with Gasteiger partial charge in [-0.15, -0.1) is 0 Å². The summed E-state index contributed by atoms with van der Waals surface area (Å²) in [6.07, 6.45) is 3.78. The number of nitrogens with zero attached hydrogens (tertiary/aromatic N) is 2. The average Bonchev–Trinajstić information content (AvgIpc) is 2.86. The van der Waals surface area contributed by atoms with E-state index < -0.39 is 12.1 Å². The third-order valence-corrected chi connectivity index (χ3v) is 6.28. The number of pyridine rings is 1. The minimum atomic E-state index is -0.727. The Bertz CT molecular complexity index is 1220. The second-order valence-corrected chi connectivity index (χ2v) is 9.59. The second kappa shape index (κ2) is 11.3. The molecule has 0 saturated carbocycles. The van der Waals surface area contributed by atoms with Gasteiger partial charge in [0.2, 0.25) is 5.91 Å². The van der Waals surface area contributed by atoms with Crippen molar-refractivity contribution < 1.29 is 18.7 Å². The Hall–Kier alpha value is -3.74. The smallest absolute Gasteiger partial charge is 0.261 e. The summed E-state index contributed by atoms with van der Waals surface area (Å²) in [6, 6.07) is 15.4. The maximum atomic E-state index is 14.2. The highest BCUT2D eigenvalue weighted by Gasteiger charge is 2.33. The summed E-state index contributed by atoms with van der Waals surface area (Å²) in [5.41, 5.74) is 3.59. The van der Waals surface area contributed by atoms with E-state index in [9.17, 15) is 14.0 Å². The number of carbonyl (C=O) groups is 2. The van der Waals surface area contributed by atoms with Crippen molar-refractivity contribution in [3.63, 3.8) is 0 Å². The summed E-state index contributed by atoms with van der Waals surface area (Å²) in [5.74, 6) is 0.193. The van der Waals surface area contributed by atoms with Gasteiger partial charge in [0.05, 0.1) is 6.04 Å². The zero-order chi connectivity index (χ0) is 25.7. The van der Waals surface area contributed by atoms with Crippen LogP contribution < -0.4 is 10.1 Å². The molecule has 0 fully saturated rings.